The first-order valence-electron chi connectivity index (χ1n) is 13.2. The molecule has 1 fully saturated rings. The predicted molar refractivity (Wildman–Crippen MR) is 150 cm³/mol. The van der Waals surface area contributed by atoms with Crippen LogP contribution in [-0.2, 0) is 4.79 Å². The van der Waals surface area contributed by atoms with E-state index in [2.05, 4.69) is 64.6 Å². The Kier molecular flexibility index (Phi) is 5.53. The van der Waals surface area contributed by atoms with E-state index in [0.29, 0.717) is 34.3 Å². The lowest BCUT2D eigenvalue weighted by molar-refractivity contribution is -0.132. The first-order valence-corrected chi connectivity index (χ1v) is 13.2. The molecule has 2 aliphatic rings. The van der Waals surface area contributed by atoms with Crippen LogP contribution in [-0.4, -0.2) is 27.4 Å². The number of furan rings is 1. The largest absolute Gasteiger partial charge is 0.477 e. The summed E-state index contributed by atoms with van der Waals surface area (Å²) in [5.74, 6) is -0.100. The lowest BCUT2D eigenvalue weighted by Crippen LogP contribution is -2.26. The van der Waals surface area contributed by atoms with Gasteiger partial charge in [0.25, 0.3) is 0 Å². The molecule has 2 unspecified atom stereocenters. The minimum absolute atomic E-state index is 0.255. The molecule has 0 saturated heterocycles. The van der Waals surface area contributed by atoms with E-state index < -0.39 is 11.5 Å². The molecule has 1 N–H and O–H groups in total. The van der Waals surface area contributed by atoms with Crippen molar-refractivity contribution in [2.45, 2.75) is 38.1 Å². The molecule has 1 aliphatic carbocycles. The van der Waals surface area contributed by atoms with Crippen molar-refractivity contribution in [3.05, 3.63) is 89.2 Å². The molecule has 8 heteroatoms. The number of nitrogens with zero attached hydrogens (tertiary/aromatic N) is 4. The van der Waals surface area contributed by atoms with Gasteiger partial charge in [0.1, 0.15) is 34.2 Å². The normalized spacial score (nSPS) is 18.1. The Morgan fingerprint density at radius 2 is 1.80 bits per heavy atom. The van der Waals surface area contributed by atoms with Crippen LogP contribution in [0.3, 0.4) is 0 Å². The van der Waals surface area contributed by atoms with Gasteiger partial charge in [-0.2, -0.15) is 5.26 Å². The van der Waals surface area contributed by atoms with Gasteiger partial charge in [-0.15, -0.1) is 0 Å². The Balaban J connectivity index is 1.28. The summed E-state index contributed by atoms with van der Waals surface area (Å²) in [4.78, 5) is 13.7. The Labute approximate surface area is 229 Å². The van der Waals surface area contributed by atoms with Crippen molar-refractivity contribution in [3.63, 3.8) is 0 Å². The molecular formula is C32H24N4O4. The molecule has 3 heterocycles. The van der Waals surface area contributed by atoms with Gasteiger partial charge in [0, 0.05) is 40.5 Å². The van der Waals surface area contributed by atoms with Crippen LogP contribution in [0.4, 0.5) is 11.4 Å². The van der Waals surface area contributed by atoms with Crippen molar-refractivity contribution >= 4 is 34.5 Å². The summed E-state index contributed by atoms with van der Waals surface area (Å²) in [6, 6.07) is 24.8. The van der Waals surface area contributed by atoms with Crippen LogP contribution in [0.25, 0.3) is 39.6 Å². The Morgan fingerprint density at radius 1 is 1.02 bits per heavy atom. The maximum atomic E-state index is 11.2. The van der Waals surface area contributed by atoms with E-state index in [9.17, 15) is 4.79 Å². The van der Waals surface area contributed by atoms with E-state index in [1.54, 1.807) is 18.2 Å². The zero-order chi connectivity index (χ0) is 27.4. The maximum absolute atomic E-state index is 11.2. The molecule has 0 amide bonds. The van der Waals surface area contributed by atoms with Crippen molar-refractivity contribution in [2.24, 2.45) is 0 Å². The molecule has 196 valence electrons. The third-order valence-electron chi connectivity index (χ3n) is 8.07. The van der Waals surface area contributed by atoms with Gasteiger partial charge in [0.05, 0.1) is 0 Å². The SMILES string of the molecule is Cc1ccc(N2c3ccc(-c4ccc(-c5ccc(/C=C(/C#N)C(=O)O)o5)c5nonc45)cc3C3CCCC32)cc1. The average Bonchev–Trinajstić information content (AvgIpc) is 3.76. The van der Waals surface area contributed by atoms with Crippen LogP contribution in [0.5, 0.6) is 0 Å². The molecule has 8 nitrogen and oxygen atoms in total. The molecule has 7 rings (SSSR count). The maximum Gasteiger partial charge on any atom is 0.346 e. The summed E-state index contributed by atoms with van der Waals surface area (Å²) in [6.07, 6.45) is 4.76. The van der Waals surface area contributed by atoms with Gasteiger partial charge in [0.15, 0.2) is 0 Å². The van der Waals surface area contributed by atoms with Gasteiger partial charge < -0.3 is 14.4 Å². The molecule has 1 saturated carbocycles. The van der Waals surface area contributed by atoms with Crippen molar-refractivity contribution in [1.29, 1.82) is 5.26 Å². The van der Waals surface area contributed by atoms with Crippen molar-refractivity contribution in [3.8, 4) is 28.5 Å². The second-order valence-electron chi connectivity index (χ2n) is 10.4. The van der Waals surface area contributed by atoms with Crippen LogP contribution >= 0.6 is 0 Å². The van der Waals surface area contributed by atoms with Gasteiger partial charge in [-0.25, -0.2) is 9.42 Å². The van der Waals surface area contributed by atoms with Crippen LogP contribution in [0.15, 0.2) is 81.3 Å². The Morgan fingerprint density at radius 3 is 2.58 bits per heavy atom. The average molecular weight is 529 g/mol. The van der Waals surface area contributed by atoms with E-state index in [4.69, 9.17) is 19.4 Å². The molecule has 2 atom stereocenters. The van der Waals surface area contributed by atoms with E-state index in [1.807, 2.05) is 12.1 Å². The minimum Gasteiger partial charge on any atom is -0.477 e. The highest BCUT2D eigenvalue weighted by molar-refractivity contribution is 6.00. The molecule has 0 bridgehead atoms. The third-order valence-corrected chi connectivity index (χ3v) is 8.07. The number of aliphatic carboxylic acids is 1. The van der Waals surface area contributed by atoms with Gasteiger partial charge in [-0.3, -0.25) is 0 Å². The number of anilines is 2. The standard InChI is InChI=1S/C32H24N4O4/c1-18-5-8-21(9-6-18)36-27-4-2-3-24(27)26-16-19(7-13-28(26)36)23-11-12-25(31-30(23)34-40-35-31)29-14-10-22(39-29)15-20(17-33)32(37)38/h5-16,24,27H,2-4H2,1H3,(H,37,38)/b20-15-. The van der Waals surface area contributed by atoms with Gasteiger partial charge in [-0.05, 0) is 83.7 Å². The van der Waals surface area contributed by atoms with E-state index >= 15 is 0 Å². The van der Waals surface area contributed by atoms with Crippen LogP contribution in [0.1, 0.15) is 42.1 Å². The van der Waals surface area contributed by atoms with Crippen molar-refractivity contribution in [1.82, 2.24) is 10.3 Å². The Bertz CT molecular complexity index is 1860. The predicted octanol–water partition coefficient (Wildman–Crippen LogP) is 7.24. The fourth-order valence-corrected chi connectivity index (χ4v) is 6.22. The number of carboxylic acids is 1. The van der Waals surface area contributed by atoms with Gasteiger partial charge >= 0.3 is 5.97 Å². The quantitative estimate of drug-likeness (QED) is 0.187. The highest BCUT2D eigenvalue weighted by atomic mass is 16.6. The first-order chi connectivity index (χ1) is 19.5. The molecule has 5 aromatic rings. The Hall–Kier alpha value is -5.16. The second kappa shape index (κ2) is 9.24. The summed E-state index contributed by atoms with van der Waals surface area (Å²) in [6.45, 7) is 2.11. The summed E-state index contributed by atoms with van der Waals surface area (Å²) in [5, 5.41) is 26.6. The van der Waals surface area contributed by atoms with E-state index in [1.165, 1.54) is 47.8 Å². The van der Waals surface area contributed by atoms with Crippen LogP contribution in [0.2, 0.25) is 0 Å². The number of carboxylic acid groups (broad SMARTS) is 1. The molecule has 0 spiro atoms. The number of aryl methyl sites for hydroxylation is 1. The highest BCUT2D eigenvalue weighted by Crippen LogP contribution is 2.53. The van der Waals surface area contributed by atoms with Gasteiger partial charge in [-0.1, -0.05) is 36.2 Å². The van der Waals surface area contributed by atoms with Crippen LogP contribution in [0, 0.1) is 18.3 Å². The topological polar surface area (TPSA) is 116 Å². The molecule has 0 radical (unpaired) electrons. The second-order valence-corrected chi connectivity index (χ2v) is 10.4. The first kappa shape index (κ1) is 23.9. The molecule has 40 heavy (non-hydrogen) atoms. The number of hydrogen-bond acceptors (Lipinski definition) is 7. The number of nitriles is 1. The van der Waals surface area contributed by atoms with E-state index in [-0.39, 0.29) is 5.76 Å². The molecular weight excluding hydrogens is 504 g/mol. The number of carbonyl (C=O) groups is 1. The molecule has 3 aromatic carbocycles. The van der Waals surface area contributed by atoms with Gasteiger partial charge in [0.2, 0.25) is 0 Å². The minimum atomic E-state index is -1.31. The monoisotopic (exact) mass is 528 g/mol. The summed E-state index contributed by atoms with van der Waals surface area (Å²) >= 11 is 0. The molecule has 2 aromatic heterocycles. The lowest BCUT2D eigenvalue weighted by Gasteiger charge is -2.27. The summed E-state index contributed by atoms with van der Waals surface area (Å²) in [7, 11) is 0. The molecule has 1 aliphatic heterocycles. The number of benzene rings is 3. The van der Waals surface area contributed by atoms with Crippen molar-refractivity contribution < 1.29 is 18.9 Å². The number of aromatic nitrogens is 2. The smallest absolute Gasteiger partial charge is 0.346 e. The zero-order valence-corrected chi connectivity index (χ0v) is 21.7. The summed E-state index contributed by atoms with van der Waals surface area (Å²) in [5.41, 5.74) is 8.49. The fraction of sp³-hybridized carbons (Fsp3) is 0.188. The highest BCUT2D eigenvalue weighted by Gasteiger charge is 2.42. The fourth-order valence-electron chi connectivity index (χ4n) is 6.22. The third kappa shape index (κ3) is 3.78. The number of hydrogen-bond donors (Lipinski definition) is 1. The van der Waals surface area contributed by atoms with Crippen molar-refractivity contribution in [2.75, 3.05) is 4.90 Å². The lowest BCUT2D eigenvalue weighted by atomic mass is 9.93. The number of rotatable bonds is 5. The van der Waals surface area contributed by atoms with E-state index in [0.717, 1.165) is 11.1 Å². The summed E-state index contributed by atoms with van der Waals surface area (Å²) < 4.78 is 11.0. The van der Waals surface area contributed by atoms with Crippen LogP contribution < -0.4 is 4.90 Å². The number of fused-ring (bicyclic) bond motifs is 4. The zero-order valence-electron chi connectivity index (χ0n) is 21.7.